The molecule has 1 aromatic heterocycles. The van der Waals surface area contributed by atoms with Crippen molar-refractivity contribution in [1.82, 2.24) is 4.98 Å². The summed E-state index contributed by atoms with van der Waals surface area (Å²) in [6.07, 6.45) is 1.09. The van der Waals surface area contributed by atoms with Crippen LogP contribution in [0.3, 0.4) is 0 Å². The first-order chi connectivity index (χ1) is 13.7. The van der Waals surface area contributed by atoms with Gasteiger partial charge >= 0.3 is 0 Å². The Hall–Kier alpha value is -2.62. The number of thiazole rings is 1. The molecule has 152 valence electrons. The van der Waals surface area contributed by atoms with E-state index < -0.39 is 10.0 Å². The third-order valence-electron chi connectivity index (χ3n) is 3.73. The second-order valence-corrected chi connectivity index (χ2v) is 9.28. The number of halogens is 1. The SMILES string of the molecule is Cc1cc(Cl)ccc1OCC(=O)Nc1nc(-c2ccc(NS(C)(=O)=O)cc2)cs1. The summed E-state index contributed by atoms with van der Waals surface area (Å²) in [6.45, 7) is 1.70. The van der Waals surface area contributed by atoms with Crippen LogP contribution in [-0.2, 0) is 14.8 Å². The molecule has 0 spiro atoms. The normalized spacial score (nSPS) is 11.1. The molecule has 0 radical (unpaired) electrons. The van der Waals surface area contributed by atoms with Gasteiger partial charge in [0, 0.05) is 21.7 Å². The summed E-state index contributed by atoms with van der Waals surface area (Å²) in [7, 11) is -3.32. The molecule has 0 atom stereocenters. The number of ether oxygens (including phenoxy) is 1. The van der Waals surface area contributed by atoms with E-state index in [4.69, 9.17) is 16.3 Å². The smallest absolute Gasteiger partial charge is 0.264 e. The largest absolute Gasteiger partial charge is 0.483 e. The lowest BCUT2D eigenvalue weighted by molar-refractivity contribution is -0.118. The molecule has 2 aromatic carbocycles. The average molecular weight is 452 g/mol. The number of nitrogens with one attached hydrogen (secondary N) is 2. The first-order valence-corrected chi connectivity index (χ1v) is 11.6. The monoisotopic (exact) mass is 451 g/mol. The third-order valence-corrected chi connectivity index (χ3v) is 5.33. The lowest BCUT2D eigenvalue weighted by atomic mass is 10.1. The molecule has 0 unspecified atom stereocenters. The van der Waals surface area contributed by atoms with Crippen LogP contribution >= 0.6 is 22.9 Å². The zero-order valence-corrected chi connectivity index (χ0v) is 18.0. The number of carbonyl (C=O) groups excluding carboxylic acids is 1. The first-order valence-electron chi connectivity index (χ1n) is 8.42. The summed E-state index contributed by atoms with van der Waals surface area (Å²) < 4.78 is 30.4. The van der Waals surface area contributed by atoms with E-state index in [1.807, 2.05) is 6.92 Å². The maximum atomic E-state index is 12.1. The molecular formula is C19H18ClN3O4S2. The number of nitrogens with zero attached hydrogens (tertiary/aromatic N) is 1. The molecule has 1 heterocycles. The molecule has 2 N–H and O–H groups in total. The zero-order valence-electron chi connectivity index (χ0n) is 15.6. The van der Waals surface area contributed by atoms with Crippen LogP contribution in [0.2, 0.25) is 5.02 Å². The summed E-state index contributed by atoms with van der Waals surface area (Å²) in [5.74, 6) is 0.264. The Labute approximate surface area is 177 Å². The molecule has 1 amide bonds. The third kappa shape index (κ3) is 6.18. The Balaban J connectivity index is 1.59. The van der Waals surface area contributed by atoms with Crippen LogP contribution in [0.4, 0.5) is 10.8 Å². The minimum atomic E-state index is -3.32. The van der Waals surface area contributed by atoms with Gasteiger partial charge in [-0.05, 0) is 42.8 Å². The van der Waals surface area contributed by atoms with E-state index in [0.29, 0.717) is 27.3 Å². The molecule has 0 saturated carbocycles. The lowest BCUT2D eigenvalue weighted by Crippen LogP contribution is -2.20. The second kappa shape index (κ2) is 8.81. The van der Waals surface area contributed by atoms with Gasteiger partial charge in [0.05, 0.1) is 11.9 Å². The van der Waals surface area contributed by atoms with Gasteiger partial charge in [-0.1, -0.05) is 23.7 Å². The Morgan fingerprint density at radius 1 is 1.21 bits per heavy atom. The second-order valence-electron chi connectivity index (χ2n) is 6.24. The Kier molecular flexibility index (Phi) is 6.41. The zero-order chi connectivity index (χ0) is 21.0. The lowest BCUT2D eigenvalue weighted by Gasteiger charge is -2.08. The van der Waals surface area contributed by atoms with Gasteiger partial charge in [0.1, 0.15) is 5.75 Å². The summed E-state index contributed by atoms with van der Waals surface area (Å²) >= 11 is 7.19. The molecule has 0 bridgehead atoms. The number of aryl methyl sites for hydroxylation is 1. The van der Waals surface area contributed by atoms with Crippen LogP contribution in [0.15, 0.2) is 47.8 Å². The van der Waals surface area contributed by atoms with E-state index in [0.717, 1.165) is 17.4 Å². The predicted molar refractivity (Wildman–Crippen MR) is 116 cm³/mol. The number of hydrogen-bond acceptors (Lipinski definition) is 6. The summed E-state index contributed by atoms with van der Waals surface area (Å²) in [4.78, 5) is 16.5. The van der Waals surface area contributed by atoms with Crippen molar-refractivity contribution in [3.63, 3.8) is 0 Å². The van der Waals surface area contributed by atoms with E-state index in [9.17, 15) is 13.2 Å². The number of rotatable bonds is 7. The fraction of sp³-hybridized carbons (Fsp3) is 0.158. The Morgan fingerprint density at radius 2 is 1.93 bits per heavy atom. The maximum absolute atomic E-state index is 12.1. The number of hydrogen-bond donors (Lipinski definition) is 2. The molecule has 0 saturated heterocycles. The first kappa shape index (κ1) is 21.1. The van der Waals surface area contributed by atoms with Crippen molar-refractivity contribution in [2.24, 2.45) is 0 Å². The van der Waals surface area contributed by atoms with Gasteiger partial charge in [0.25, 0.3) is 5.91 Å². The van der Waals surface area contributed by atoms with E-state index in [2.05, 4.69) is 15.0 Å². The van der Waals surface area contributed by atoms with Gasteiger partial charge < -0.3 is 4.74 Å². The number of sulfonamides is 1. The minimum Gasteiger partial charge on any atom is -0.483 e. The molecule has 7 nitrogen and oxygen atoms in total. The summed E-state index contributed by atoms with van der Waals surface area (Å²) in [6, 6.07) is 12.0. The van der Waals surface area contributed by atoms with Crippen LogP contribution in [0, 0.1) is 6.92 Å². The van der Waals surface area contributed by atoms with Crippen LogP contribution in [-0.4, -0.2) is 32.2 Å². The summed E-state index contributed by atoms with van der Waals surface area (Å²) in [5.41, 5.74) is 2.78. The maximum Gasteiger partial charge on any atom is 0.264 e. The fourth-order valence-corrected chi connectivity index (χ4v) is 3.99. The standard InChI is InChI=1S/C19H18ClN3O4S2/c1-12-9-14(20)5-8-17(12)27-10-18(24)22-19-21-16(11-28-19)13-3-6-15(7-4-13)23-29(2,25)26/h3-9,11,23H,10H2,1-2H3,(H,21,22,24). The average Bonchev–Trinajstić information content (AvgIpc) is 3.08. The van der Waals surface area contributed by atoms with Gasteiger partial charge in [-0.15, -0.1) is 11.3 Å². The molecular weight excluding hydrogens is 434 g/mol. The van der Waals surface area contributed by atoms with Gasteiger partial charge in [0.2, 0.25) is 10.0 Å². The van der Waals surface area contributed by atoms with Gasteiger partial charge in [0.15, 0.2) is 11.7 Å². The number of anilines is 2. The molecule has 0 aliphatic heterocycles. The van der Waals surface area contributed by atoms with E-state index in [-0.39, 0.29) is 12.5 Å². The van der Waals surface area contributed by atoms with Crippen molar-refractivity contribution < 1.29 is 17.9 Å². The topological polar surface area (TPSA) is 97.4 Å². The van der Waals surface area contributed by atoms with Crippen LogP contribution in [0.25, 0.3) is 11.3 Å². The highest BCUT2D eigenvalue weighted by Gasteiger charge is 2.10. The van der Waals surface area contributed by atoms with E-state index >= 15 is 0 Å². The highest BCUT2D eigenvalue weighted by molar-refractivity contribution is 7.92. The molecule has 29 heavy (non-hydrogen) atoms. The molecule has 0 aliphatic rings. The quantitative estimate of drug-likeness (QED) is 0.562. The predicted octanol–water partition coefficient (Wildman–Crippen LogP) is 4.16. The van der Waals surface area contributed by atoms with Crippen molar-refractivity contribution in [2.45, 2.75) is 6.92 Å². The number of aromatic nitrogens is 1. The molecule has 3 rings (SSSR count). The number of benzene rings is 2. The van der Waals surface area contributed by atoms with E-state index in [1.165, 1.54) is 11.3 Å². The van der Waals surface area contributed by atoms with Gasteiger partial charge in [-0.3, -0.25) is 14.8 Å². The highest BCUT2D eigenvalue weighted by atomic mass is 35.5. The van der Waals surface area contributed by atoms with Gasteiger partial charge in [-0.25, -0.2) is 13.4 Å². The van der Waals surface area contributed by atoms with E-state index in [1.54, 1.807) is 47.8 Å². The van der Waals surface area contributed by atoms with Crippen molar-refractivity contribution in [2.75, 3.05) is 22.9 Å². The highest BCUT2D eigenvalue weighted by Crippen LogP contribution is 2.26. The van der Waals surface area contributed by atoms with Crippen molar-refractivity contribution in [1.29, 1.82) is 0 Å². The molecule has 0 aliphatic carbocycles. The van der Waals surface area contributed by atoms with Crippen molar-refractivity contribution >= 4 is 49.7 Å². The van der Waals surface area contributed by atoms with Gasteiger partial charge in [-0.2, -0.15) is 0 Å². The molecule has 10 heteroatoms. The Morgan fingerprint density at radius 3 is 2.59 bits per heavy atom. The number of carbonyl (C=O) groups is 1. The molecule has 3 aromatic rings. The Bertz CT molecular complexity index is 1130. The fourth-order valence-electron chi connectivity index (χ4n) is 2.46. The van der Waals surface area contributed by atoms with Crippen molar-refractivity contribution in [3.05, 3.63) is 58.4 Å². The molecule has 0 fully saturated rings. The number of amides is 1. The van der Waals surface area contributed by atoms with Crippen LogP contribution < -0.4 is 14.8 Å². The van der Waals surface area contributed by atoms with Crippen molar-refractivity contribution in [3.8, 4) is 17.0 Å². The van der Waals surface area contributed by atoms with Crippen LogP contribution in [0.1, 0.15) is 5.56 Å². The summed E-state index contributed by atoms with van der Waals surface area (Å²) in [5, 5.41) is 5.56. The minimum absolute atomic E-state index is 0.150. The van der Waals surface area contributed by atoms with Crippen LogP contribution in [0.5, 0.6) is 5.75 Å².